The van der Waals surface area contributed by atoms with Gasteiger partial charge in [0, 0.05) is 11.4 Å². The van der Waals surface area contributed by atoms with E-state index in [4.69, 9.17) is 0 Å². The minimum atomic E-state index is -3.97. The molecule has 158 valence electrons. The summed E-state index contributed by atoms with van der Waals surface area (Å²) in [4.78, 5) is -0.184. The first-order chi connectivity index (χ1) is 14.8. The molecule has 3 rings (SSSR count). The number of hydrogen-bond donors (Lipinski definition) is 1. The molecule has 0 unspecified atom stereocenters. The quantitative estimate of drug-likeness (QED) is 0.441. The van der Waals surface area contributed by atoms with Gasteiger partial charge in [0.15, 0.2) is 4.91 Å². The molecule has 1 N–H and O–H groups in total. The Bertz CT molecular complexity index is 1260. The van der Waals surface area contributed by atoms with Crippen molar-refractivity contribution < 1.29 is 8.42 Å². The molecule has 0 heterocycles. The van der Waals surface area contributed by atoms with Gasteiger partial charge in [-0.05, 0) is 61.7 Å². The van der Waals surface area contributed by atoms with E-state index in [0.717, 1.165) is 27.9 Å². The Labute approximate surface area is 188 Å². The number of allylic oxidation sites excluding steroid dienone is 1. The summed E-state index contributed by atoms with van der Waals surface area (Å²) < 4.78 is 26.5. The standard InChI is InChI=1S/C25H24N2O2S2/c1-18-8-7-9-21(14-18)17-30-25(27-22-13-12-19(2)20(3)15-22)24(16-26)31(28,29)23-10-5-4-6-11-23/h4-15,27H,17H2,1-3H3/b25-24+. The molecule has 0 aliphatic rings. The van der Waals surface area contributed by atoms with Crippen molar-refractivity contribution in [1.82, 2.24) is 0 Å². The van der Waals surface area contributed by atoms with E-state index >= 15 is 0 Å². The molecule has 0 amide bonds. The van der Waals surface area contributed by atoms with Crippen molar-refractivity contribution in [3.8, 4) is 6.07 Å². The lowest BCUT2D eigenvalue weighted by Gasteiger charge is -2.15. The van der Waals surface area contributed by atoms with Crippen LogP contribution in [0.4, 0.5) is 5.69 Å². The molecule has 0 atom stereocenters. The van der Waals surface area contributed by atoms with Crippen LogP contribution in [0.5, 0.6) is 0 Å². The fourth-order valence-corrected chi connectivity index (χ4v) is 5.55. The van der Waals surface area contributed by atoms with Crippen molar-refractivity contribution in [3.63, 3.8) is 0 Å². The van der Waals surface area contributed by atoms with Gasteiger partial charge in [0.2, 0.25) is 9.84 Å². The number of nitrogens with zero attached hydrogens (tertiary/aromatic N) is 1. The lowest BCUT2D eigenvalue weighted by atomic mass is 10.1. The van der Waals surface area contributed by atoms with Gasteiger partial charge >= 0.3 is 0 Å². The van der Waals surface area contributed by atoms with Gasteiger partial charge in [-0.2, -0.15) is 5.26 Å². The minimum Gasteiger partial charge on any atom is -0.349 e. The molecule has 0 aromatic heterocycles. The van der Waals surface area contributed by atoms with E-state index in [2.05, 4.69) is 11.4 Å². The first kappa shape index (κ1) is 22.7. The molecule has 0 aliphatic heterocycles. The van der Waals surface area contributed by atoms with Crippen LogP contribution in [-0.4, -0.2) is 8.42 Å². The van der Waals surface area contributed by atoms with Crippen LogP contribution in [0.1, 0.15) is 22.3 Å². The third-order valence-corrected chi connectivity index (χ3v) is 7.79. The first-order valence-corrected chi connectivity index (χ1v) is 12.3. The molecule has 0 saturated carbocycles. The maximum atomic E-state index is 13.2. The molecule has 0 fully saturated rings. The summed E-state index contributed by atoms with van der Waals surface area (Å²) in [6.45, 7) is 6.03. The summed E-state index contributed by atoms with van der Waals surface area (Å²) in [6, 6.07) is 23.8. The summed E-state index contributed by atoms with van der Waals surface area (Å²) >= 11 is 1.31. The fraction of sp³-hybridized carbons (Fsp3) is 0.160. The number of rotatable bonds is 7. The van der Waals surface area contributed by atoms with E-state index in [1.54, 1.807) is 18.2 Å². The largest absolute Gasteiger partial charge is 0.349 e. The molecule has 31 heavy (non-hydrogen) atoms. The second-order valence-electron chi connectivity index (χ2n) is 7.29. The zero-order valence-electron chi connectivity index (χ0n) is 17.7. The molecule has 0 bridgehead atoms. The highest BCUT2D eigenvalue weighted by Crippen LogP contribution is 2.31. The molecular weight excluding hydrogens is 424 g/mol. The summed E-state index contributed by atoms with van der Waals surface area (Å²) in [5.74, 6) is 0.532. The second kappa shape index (κ2) is 9.86. The number of benzene rings is 3. The maximum absolute atomic E-state index is 13.2. The van der Waals surface area contributed by atoms with Crippen LogP contribution >= 0.6 is 11.8 Å². The zero-order valence-corrected chi connectivity index (χ0v) is 19.3. The van der Waals surface area contributed by atoms with Crippen LogP contribution < -0.4 is 5.32 Å². The van der Waals surface area contributed by atoms with Gasteiger partial charge in [-0.15, -0.1) is 11.8 Å². The number of nitriles is 1. The summed E-state index contributed by atoms with van der Waals surface area (Å²) in [6.07, 6.45) is 0. The van der Waals surface area contributed by atoms with E-state index in [1.165, 1.54) is 23.9 Å². The molecule has 0 aliphatic carbocycles. The fourth-order valence-electron chi connectivity index (χ4n) is 3.02. The predicted octanol–water partition coefficient (Wildman–Crippen LogP) is 6.12. The molecule has 4 nitrogen and oxygen atoms in total. The highest BCUT2D eigenvalue weighted by molar-refractivity contribution is 8.04. The average Bonchev–Trinajstić information content (AvgIpc) is 2.75. The molecular formula is C25H24N2O2S2. The Balaban J connectivity index is 2.05. The molecule has 0 radical (unpaired) electrons. The topological polar surface area (TPSA) is 70.0 Å². The monoisotopic (exact) mass is 448 g/mol. The van der Waals surface area contributed by atoms with Gasteiger partial charge in [-0.1, -0.05) is 54.1 Å². The van der Waals surface area contributed by atoms with Gasteiger partial charge in [0.05, 0.1) is 4.90 Å². The van der Waals surface area contributed by atoms with Gasteiger partial charge in [0.25, 0.3) is 0 Å². The first-order valence-electron chi connectivity index (χ1n) is 9.78. The number of nitrogens with one attached hydrogen (secondary N) is 1. The Kier molecular flexibility index (Phi) is 7.21. The number of aryl methyl sites for hydroxylation is 3. The van der Waals surface area contributed by atoms with E-state index in [-0.39, 0.29) is 9.80 Å². The number of hydrogen-bond acceptors (Lipinski definition) is 5. The van der Waals surface area contributed by atoms with E-state index < -0.39 is 9.84 Å². The van der Waals surface area contributed by atoms with Gasteiger partial charge in [0.1, 0.15) is 11.1 Å². The molecule has 0 spiro atoms. The highest BCUT2D eigenvalue weighted by Gasteiger charge is 2.25. The van der Waals surface area contributed by atoms with Crippen molar-refractivity contribution in [1.29, 1.82) is 5.26 Å². The number of thioether (sulfide) groups is 1. The van der Waals surface area contributed by atoms with Gasteiger partial charge in [-0.3, -0.25) is 0 Å². The van der Waals surface area contributed by atoms with Gasteiger partial charge < -0.3 is 5.32 Å². The molecule has 3 aromatic carbocycles. The zero-order chi connectivity index (χ0) is 22.4. The van der Waals surface area contributed by atoms with Crippen LogP contribution in [0.15, 0.2) is 87.6 Å². The minimum absolute atomic E-state index is 0.0992. The lowest BCUT2D eigenvalue weighted by Crippen LogP contribution is -2.10. The van der Waals surface area contributed by atoms with Crippen molar-refractivity contribution >= 4 is 27.3 Å². The van der Waals surface area contributed by atoms with Crippen LogP contribution in [0.25, 0.3) is 0 Å². The molecule has 0 saturated heterocycles. The Morgan fingerprint density at radius 1 is 0.935 bits per heavy atom. The smallest absolute Gasteiger partial charge is 0.219 e. The molecule has 3 aromatic rings. The van der Waals surface area contributed by atoms with E-state index in [1.807, 2.05) is 63.2 Å². The second-order valence-corrected chi connectivity index (χ2v) is 10.2. The van der Waals surface area contributed by atoms with Crippen molar-refractivity contribution in [2.45, 2.75) is 31.4 Å². The van der Waals surface area contributed by atoms with Crippen LogP contribution in [0.3, 0.4) is 0 Å². The number of sulfone groups is 1. The van der Waals surface area contributed by atoms with Crippen molar-refractivity contribution in [3.05, 3.63) is 105 Å². The third-order valence-electron chi connectivity index (χ3n) is 4.86. The maximum Gasteiger partial charge on any atom is 0.219 e. The van der Waals surface area contributed by atoms with Gasteiger partial charge in [-0.25, -0.2) is 8.42 Å². The summed E-state index contributed by atoms with van der Waals surface area (Å²) in [7, 11) is -3.97. The normalized spacial score (nSPS) is 12.1. The Hall–Kier alpha value is -3.01. The Morgan fingerprint density at radius 2 is 1.68 bits per heavy atom. The van der Waals surface area contributed by atoms with Crippen LogP contribution in [0, 0.1) is 32.1 Å². The van der Waals surface area contributed by atoms with E-state index in [9.17, 15) is 13.7 Å². The SMILES string of the molecule is Cc1cccc(CS/C(Nc2ccc(C)c(C)c2)=C(\C#N)S(=O)(=O)c2ccccc2)c1. The number of anilines is 1. The average molecular weight is 449 g/mol. The van der Waals surface area contributed by atoms with Crippen molar-refractivity contribution in [2.24, 2.45) is 0 Å². The summed E-state index contributed by atoms with van der Waals surface area (Å²) in [5, 5.41) is 13.4. The summed E-state index contributed by atoms with van der Waals surface area (Å²) in [5.41, 5.74) is 5.14. The highest BCUT2D eigenvalue weighted by atomic mass is 32.2. The molecule has 6 heteroatoms. The lowest BCUT2D eigenvalue weighted by molar-refractivity contribution is 0.603. The Morgan fingerprint density at radius 3 is 2.32 bits per heavy atom. The van der Waals surface area contributed by atoms with Crippen molar-refractivity contribution in [2.75, 3.05) is 5.32 Å². The predicted molar refractivity (Wildman–Crippen MR) is 128 cm³/mol. The van der Waals surface area contributed by atoms with Crippen LogP contribution in [0.2, 0.25) is 0 Å². The van der Waals surface area contributed by atoms with Crippen LogP contribution in [-0.2, 0) is 15.6 Å². The van der Waals surface area contributed by atoms with E-state index in [0.29, 0.717) is 10.8 Å². The third kappa shape index (κ3) is 5.57.